The molecule has 0 aliphatic rings. The normalized spacial score (nSPS) is 11.3. The van der Waals surface area contributed by atoms with Crippen LogP contribution in [-0.2, 0) is 7.05 Å². The number of pyridine rings is 1. The summed E-state index contributed by atoms with van der Waals surface area (Å²) < 4.78 is 31.4. The Kier molecular flexibility index (Phi) is 4.66. The first-order chi connectivity index (χ1) is 15.4. The number of halogens is 2. The first-order valence-electron chi connectivity index (χ1n) is 9.94. The molecule has 0 aliphatic carbocycles. The maximum atomic E-state index is 14.8. The van der Waals surface area contributed by atoms with Crippen LogP contribution in [0.2, 0.25) is 0 Å². The van der Waals surface area contributed by atoms with Crippen molar-refractivity contribution in [3.63, 3.8) is 0 Å². The predicted octanol–water partition coefficient (Wildman–Crippen LogP) is 4.85. The van der Waals surface area contributed by atoms with Gasteiger partial charge < -0.3 is 9.88 Å². The van der Waals surface area contributed by atoms with E-state index in [9.17, 15) is 8.78 Å². The molecule has 5 aromatic rings. The highest BCUT2D eigenvalue weighted by molar-refractivity contribution is 5.91. The standard InChI is InChI=1S/C23H19F2N7/c1-13-10-20-21(29-23(31(20)3)15-4-6-16(24)7-5-15)22(27-13)28-17-8-9-19(18(25)11-17)32-12-26-14(2)30-32/h4-12H,1-3H3,(H,27,28). The molecule has 0 saturated carbocycles. The molecule has 0 aliphatic heterocycles. The van der Waals surface area contributed by atoms with E-state index in [0.717, 1.165) is 16.8 Å². The van der Waals surface area contributed by atoms with Crippen LogP contribution in [0.25, 0.3) is 28.1 Å². The van der Waals surface area contributed by atoms with E-state index in [4.69, 9.17) is 4.98 Å². The van der Waals surface area contributed by atoms with E-state index in [1.54, 1.807) is 31.2 Å². The minimum Gasteiger partial charge on any atom is -0.338 e. The SMILES string of the molecule is Cc1cc2c(nc(-c3ccc(F)cc3)n2C)c(Nc2ccc(-n3cnc(C)n3)c(F)c2)n1. The van der Waals surface area contributed by atoms with Gasteiger partial charge in [0.15, 0.2) is 11.6 Å². The van der Waals surface area contributed by atoms with Crippen LogP contribution >= 0.6 is 0 Å². The summed E-state index contributed by atoms with van der Waals surface area (Å²) in [6, 6.07) is 12.9. The first-order valence-corrected chi connectivity index (χ1v) is 9.94. The number of benzene rings is 2. The van der Waals surface area contributed by atoms with Gasteiger partial charge in [0.1, 0.15) is 35.0 Å². The number of rotatable bonds is 4. The van der Waals surface area contributed by atoms with Crippen molar-refractivity contribution in [1.82, 2.24) is 29.3 Å². The summed E-state index contributed by atoms with van der Waals surface area (Å²) in [7, 11) is 1.89. The second kappa shape index (κ2) is 7.52. The average Bonchev–Trinajstić information content (AvgIpc) is 3.33. The molecule has 0 saturated heterocycles. The Labute approximate surface area is 182 Å². The Balaban J connectivity index is 1.55. The molecule has 7 nitrogen and oxygen atoms in total. The number of hydrogen-bond acceptors (Lipinski definition) is 5. The van der Waals surface area contributed by atoms with E-state index in [0.29, 0.717) is 34.4 Å². The van der Waals surface area contributed by atoms with Gasteiger partial charge >= 0.3 is 0 Å². The average molecular weight is 431 g/mol. The summed E-state index contributed by atoms with van der Waals surface area (Å²) in [6.45, 7) is 3.62. The highest BCUT2D eigenvalue weighted by Crippen LogP contribution is 2.30. The highest BCUT2D eigenvalue weighted by atomic mass is 19.1. The van der Waals surface area contributed by atoms with Gasteiger partial charge in [0.05, 0.1) is 5.52 Å². The number of aromatic nitrogens is 6. The van der Waals surface area contributed by atoms with Crippen molar-refractivity contribution in [2.75, 3.05) is 5.32 Å². The fraction of sp³-hybridized carbons (Fsp3) is 0.130. The lowest BCUT2D eigenvalue weighted by Crippen LogP contribution is -2.01. The van der Waals surface area contributed by atoms with E-state index in [2.05, 4.69) is 20.4 Å². The van der Waals surface area contributed by atoms with Gasteiger partial charge in [-0.25, -0.2) is 28.4 Å². The summed E-state index contributed by atoms with van der Waals surface area (Å²) in [5.74, 6) is 0.993. The molecule has 32 heavy (non-hydrogen) atoms. The molecular formula is C23H19F2N7. The first kappa shape index (κ1) is 19.8. The molecule has 0 spiro atoms. The number of aryl methyl sites for hydroxylation is 3. The van der Waals surface area contributed by atoms with Crippen LogP contribution in [0.4, 0.5) is 20.3 Å². The molecule has 1 N–H and O–H groups in total. The quantitative estimate of drug-likeness (QED) is 0.440. The summed E-state index contributed by atoms with van der Waals surface area (Å²) in [4.78, 5) is 13.4. The van der Waals surface area contributed by atoms with Gasteiger partial charge in [-0.05, 0) is 62.4 Å². The van der Waals surface area contributed by atoms with Crippen molar-refractivity contribution in [1.29, 1.82) is 0 Å². The maximum absolute atomic E-state index is 14.8. The molecule has 160 valence electrons. The monoisotopic (exact) mass is 431 g/mol. The fourth-order valence-electron chi connectivity index (χ4n) is 3.62. The van der Waals surface area contributed by atoms with Gasteiger partial charge in [-0.3, -0.25) is 0 Å². The van der Waals surface area contributed by atoms with Gasteiger partial charge in [-0.1, -0.05) is 0 Å². The number of nitrogens with one attached hydrogen (secondary N) is 1. The molecule has 5 rings (SSSR count). The molecule has 3 heterocycles. The molecule has 0 unspecified atom stereocenters. The van der Waals surface area contributed by atoms with Gasteiger partial charge in [0.25, 0.3) is 0 Å². The van der Waals surface area contributed by atoms with E-state index < -0.39 is 5.82 Å². The summed E-state index contributed by atoms with van der Waals surface area (Å²) in [5.41, 5.74) is 3.88. The third-order valence-corrected chi connectivity index (χ3v) is 5.16. The Morgan fingerprint density at radius 3 is 2.41 bits per heavy atom. The predicted molar refractivity (Wildman–Crippen MR) is 118 cm³/mol. The van der Waals surface area contributed by atoms with Crippen molar-refractivity contribution < 1.29 is 8.78 Å². The van der Waals surface area contributed by atoms with E-state index >= 15 is 0 Å². The molecular weight excluding hydrogens is 412 g/mol. The summed E-state index contributed by atoms with van der Waals surface area (Å²) in [6.07, 6.45) is 1.47. The highest BCUT2D eigenvalue weighted by Gasteiger charge is 2.16. The van der Waals surface area contributed by atoms with Crippen LogP contribution in [0, 0.1) is 25.5 Å². The van der Waals surface area contributed by atoms with E-state index in [1.165, 1.54) is 29.2 Å². The van der Waals surface area contributed by atoms with E-state index in [-0.39, 0.29) is 5.82 Å². The minimum atomic E-state index is -0.447. The van der Waals surface area contributed by atoms with Crippen LogP contribution in [-0.4, -0.2) is 29.3 Å². The lowest BCUT2D eigenvalue weighted by molar-refractivity contribution is 0.610. The van der Waals surface area contributed by atoms with Crippen molar-refractivity contribution in [3.05, 3.63) is 78.0 Å². The Morgan fingerprint density at radius 2 is 1.72 bits per heavy atom. The molecule has 0 atom stereocenters. The van der Waals surface area contributed by atoms with Gasteiger partial charge in [0, 0.05) is 24.0 Å². The lowest BCUT2D eigenvalue weighted by Gasteiger charge is -2.10. The second-order valence-electron chi connectivity index (χ2n) is 7.51. The summed E-state index contributed by atoms with van der Waals surface area (Å²) in [5, 5.41) is 7.33. The van der Waals surface area contributed by atoms with Crippen LogP contribution in [0.15, 0.2) is 54.9 Å². The molecule has 0 fully saturated rings. The maximum Gasteiger partial charge on any atom is 0.158 e. The molecule has 9 heteroatoms. The number of fused-ring (bicyclic) bond motifs is 1. The molecule has 0 amide bonds. The Hall–Kier alpha value is -4.14. The number of anilines is 2. The Bertz CT molecular complexity index is 1450. The molecule has 0 radical (unpaired) electrons. The number of imidazole rings is 1. The molecule has 2 aromatic carbocycles. The Morgan fingerprint density at radius 1 is 0.938 bits per heavy atom. The topological polar surface area (TPSA) is 73.5 Å². The number of hydrogen-bond donors (Lipinski definition) is 1. The van der Waals surface area contributed by atoms with Gasteiger partial charge in [-0.15, -0.1) is 0 Å². The third kappa shape index (κ3) is 3.47. The molecule has 3 aromatic heterocycles. The van der Waals surface area contributed by atoms with Crippen LogP contribution in [0.3, 0.4) is 0 Å². The van der Waals surface area contributed by atoms with Crippen molar-refractivity contribution in [2.45, 2.75) is 13.8 Å². The smallest absolute Gasteiger partial charge is 0.158 e. The third-order valence-electron chi connectivity index (χ3n) is 5.16. The lowest BCUT2D eigenvalue weighted by atomic mass is 10.2. The zero-order chi connectivity index (χ0) is 22.4. The van der Waals surface area contributed by atoms with Crippen molar-refractivity contribution in [2.24, 2.45) is 7.05 Å². The largest absolute Gasteiger partial charge is 0.338 e. The van der Waals surface area contributed by atoms with Crippen LogP contribution < -0.4 is 5.32 Å². The minimum absolute atomic E-state index is 0.301. The van der Waals surface area contributed by atoms with Crippen molar-refractivity contribution >= 4 is 22.5 Å². The fourth-order valence-corrected chi connectivity index (χ4v) is 3.62. The van der Waals surface area contributed by atoms with Crippen LogP contribution in [0.5, 0.6) is 0 Å². The second-order valence-corrected chi connectivity index (χ2v) is 7.51. The van der Waals surface area contributed by atoms with Gasteiger partial charge in [0.2, 0.25) is 0 Å². The van der Waals surface area contributed by atoms with Crippen molar-refractivity contribution in [3.8, 4) is 17.1 Å². The zero-order valence-electron chi connectivity index (χ0n) is 17.6. The van der Waals surface area contributed by atoms with E-state index in [1.807, 2.05) is 24.6 Å². The number of nitrogens with zero attached hydrogens (tertiary/aromatic N) is 6. The molecule has 0 bridgehead atoms. The zero-order valence-corrected chi connectivity index (χ0v) is 17.6. The van der Waals surface area contributed by atoms with Crippen LogP contribution in [0.1, 0.15) is 11.5 Å². The summed E-state index contributed by atoms with van der Waals surface area (Å²) >= 11 is 0. The van der Waals surface area contributed by atoms with Gasteiger partial charge in [-0.2, -0.15) is 5.10 Å².